The molecule has 0 bridgehead atoms. The summed E-state index contributed by atoms with van der Waals surface area (Å²) in [6, 6.07) is 12.4. The first-order valence-corrected chi connectivity index (χ1v) is 13.9. The van der Waals surface area contributed by atoms with Gasteiger partial charge in [-0.2, -0.15) is 0 Å². The number of rotatable bonds is 6. The largest absolute Gasteiger partial charge is 0.427 e. The summed E-state index contributed by atoms with van der Waals surface area (Å²) >= 11 is 6.53. The summed E-state index contributed by atoms with van der Waals surface area (Å²) in [7, 11) is 1.69. The number of aromatic nitrogens is 3. The van der Waals surface area contributed by atoms with Crippen molar-refractivity contribution in [3.8, 4) is 0 Å². The van der Waals surface area contributed by atoms with Gasteiger partial charge in [0.2, 0.25) is 12.7 Å². The van der Waals surface area contributed by atoms with Gasteiger partial charge in [0, 0.05) is 36.6 Å². The zero-order chi connectivity index (χ0) is 29.5. The number of pyridine rings is 1. The number of nitrogens with zero attached hydrogens (tertiary/aromatic N) is 4. The molecule has 0 aliphatic carbocycles. The van der Waals surface area contributed by atoms with Gasteiger partial charge in [-0.1, -0.05) is 29.8 Å². The van der Waals surface area contributed by atoms with Crippen molar-refractivity contribution in [1.29, 1.82) is 0 Å². The Morgan fingerprint density at radius 2 is 1.90 bits per heavy atom. The first kappa shape index (κ1) is 28.6. The minimum Gasteiger partial charge on any atom is -0.427 e. The van der Waals surface area contributed by atoms with Gasteiger partial charge < -0.3 is 29.2 Å². The first-order valence-electron chi connectivity index (χ1n) is 13.6. The Morgan fingerprint density at radius 1 is 1.15 bits per heavy atom. The second kappa shape index (κ2) is 11.2. The van der Waals surface area contributed by atoms with Crippen LogP contribution in [-0.2, 0) is 27.9 Å². The van der Waals surface area contributed by atoms with Gasteiger partial charge >= 0.3 is 11.9 Å². The normalized spacial score (nSPS) is 15.9. The zero-order valence-corrected chi connectivity index (χ0v) is 24.4. The minimum atomic E-state index is -0.718. The maximum Gasteiger partial charge on any atom is 0.341 e. The van der Waals surface area contributed by atoms with Gasteiger partial charge in [0.1, 0.15) is 11.0 Å². The highest BCUT2D eigenvalue weighted by Crippen LogP contribution is 2.31. The molecule has 0 radical (unpaired) electrons. The topological polar surface area (TPSA) is 122 Å². The quantitative estimate of drug-likeness (QED) is 0.266. The van der Waals surface area contributed by atoms with E-state index in [4.69, 9.17) is 31.8 Å². The third kappa shape index (κ3) is 5.67. The molecule has 0 saturated carbocycles. The molecule has 1 aliphatic heterocycles. The Morgan fingerprint density at radius 3 is 2.61 bits per heavy atom. The van der Waals surface area contributed by atoms with Crippen LogP contribution in [0.3, 0.4) is 0 Å². The fourth-order valence-electron chi connectivity index (χ4n) is 5.08. The molecule has 2 aromatic heterocycles. The second-order valence-corrected chi connectivity index (χ2v) is 11.9. The van der Waals surface area contributed by atoms with E-state index in [1.54, 1.807) is 50.6 Å². The number of fused-ring (bicyclic) bond motifs is 3. The number of anilines is 1. The lowest BCUT2D eigenvalue weighted by molar-refractivity contribution is -0.161. The number of carbonyl (C=O) groups is 2. The van der Waals surface area contributed by atoms with Gasteiger partial charge in [-0.25, -0.2) is 9.78 Å². The van der Waals surface area contributed by atoms with Crippen LogP contribution in [-0.4, -0.2) is 52.0 Å². The van der Waals surface area contributed by atoms with Crippen molar-refractivity contribution in [1.82, 2.24) is 14.1 Å². The van der Waals surface area contributed by atoms with Crippen molar-refractivity contribution in [2.75, 3.05) is 24.8 Å². The van der Waals surface area contributed by atoms with E-state index in [2.05, 4.69) is 4.90 Å². The summed E-state index contributed by atoms with van der Waals surface area (Å²) in [5, 5.41) is 1.20. The number of aryl methyl sites for hydroxylation is 1. The number of carbonyl (C=O) groups excluding carboxylic acids is 2. The van der Waals surface area contributed by atoms with E-state index in [-0.39, 0.29) is 17.2 Å². The van der Waals surface area contributed by atoms with E-state index in [0.717, 1.165) is 24.9 Å². The lowest BCUT2D eigenvalue weighted by Crippen LogP contribution is -2.44. The molecule has 4 aromatic rings. The van der Waals surface area contributed by atoms with E-state index in [9.17, 15) is 14.4 Å². The second-order valence-electron chi connectivity index (χ2n) is 11.5. The van der Waals surface area contributed by atoms with Crippen LogP contribution in [0.1, 0.15) is 49.5 Å². The van der Waals surface area contributed by atoms with E-state index < -0.39 is 24.1 Å². The van der Waals surface area contributed by atoms with Crippen molar-refractivity contribution < 1.29 is 19.1 Å². The highest BCUT2D eigenvalue weighted by Gasteiger charge is 2.27. The van der Waals surface area contributed by atoms with Crippen LogP contribution in [0.15, 0.2) is 47.3 Å². The van der Waals surface area contributed by atoms with Crippen LogP contribution in [0.25, 0.3) is 21.9 Å². The van der Waals surface area contributed by atoms with Gasteiger partial charge in [-0.05, 0) is 63.4 Å². The fraction of sp³-hybridized carbons (Fsp3) is 0.400. The monoisotopic (exact) mass is 579 g/mol. The summed E-state index contributed by atoms with van der Waals surface area (Å²) in [5.74, 6) is -0.510. The number of ether oxygens (including phenoxy) is 2. The van der Waals surface area contributed by atoms with Crippen LogP contribution in [0, 0.1) is 5.41 Å². The number of piperidine rings is 1. The molecule has 2 aromatic carbocycles. The number of esters is 2. The number of benzene rings is 2. The van der Waals surface area contributed by atoms with Crippen LogP contribution in [0.4, 0.5) is 5.95 Å². The van der Waals surface area contributed by atoms with E-state index in [1.807, 2.05) is 28.8 Å². The SMILES string of the molecule is Cn1c(=O)c2c(nc(N3CCC[C@@H](N)C3)n2Cc2ccccc2Cl)c2cc(C(=O)OCOC(=O)C(C)(C)C)ccc21. The zero-order valence-electron chi connectivity index (χ0n) is 23.6. The van der Waals surface area contributed by atoms with Crippen molar-refractivity contribution in [2.45, 2.75) is 46.2 Å². The molecule has 1 aliphatic rings. The summed E-state index contributed by atoms with van der Waals surface area (Å²) in [5.41, 5.74) is 7.95. The minimum absolute atomic E-state index is 0.00865. The summed E-state index contributed by atoms with van der Waals surface area (Å²) < 4.78 is 13.8. The van der Waals surface area contributed by atoms with E-state index >= 15 is 0 Å². The molecule has 0 amide bonds. The Balaban J connectivity index is 1.61. The third-order valence-corrected chi connectivity index (χ3v) is 7.69. The predicted molar refractivity (Wildman–Crippen MR) is 158 cm³/mol. The van der Waals surface area contributed by atoms with E-state index in [0.29, 0.717) is 46.0 Å². The van der Waals surface area contributed by atoms with Gasteiger partial charge in [0.05, 0.1) is 23.0 Å². The maximum atomic E-state index is 13.8. The van der Waals surface area contributed by atoms with Gasteiger partial charge in [0.15, 0.2) is 0 Å². The molecule has 0 unspecified atom stereocenters. The predicted octanol–water partition coefficient (Wildman–Crippen LogP) is 4.22. The van der Waals surface area contributed by atoms with Crippen LogP contribution < -0.4 is 16.2 Å². The lowest BCUT2D eigenvalue weighted by atomic mass is 9.98. The van der Waals surface area contributed by atoms with Gasteiger partial charge in [-0.3, -0.25) is 9.59 Å². The van der Waals surface area contributed by atoms with Gasteiger partial charge in [0.25, 0.3) is 5.56 Å². The molecule has 2 N–H and O–H groups in total. The first-order chi connectivity index (χ1) is 19.5. The molecule has 1 fully saturated rings. The molecule has 3 heterocycles. The van der Waals surface area contributed by atoms with Crippen molar-refractivity contribution in [3.05, 3.63) is 69.0 Å². The third-order valence-electron chi connectivity index (χ3n) is 7.32. The molecule has 5 rings (SSSR count). The number of hydrogen-bond donors (Lipinski definition) is 1. The van der Waals surface area contributed by atoms with Crippen LogP contribution in [0.5, 0.6) is 0 Å². The van der Waals surface area contributed by atoms with Crippen molar-refractivity contribution in [3.63, 3.8) is 0 Å². The summed E-state index contributed by atoms with van der Waals surface area (Å²) in [6.07, 6.45) is 1.83. The Bertz CT molecular complexity index is 1700. The Labute approximate surface area is 242 Å². The molecular formula is C30H34ClN5O5. The molecule has 216 valence electrons. The van der Waals surface area contributed by atoms with Crippen LogP contribution in [0.2, 0.25) is 5.02 Å². The van der Waals surface area contributed by atoms with Crippen molar-refractivity contribution >= 4 is 51.4 Å². The number of halogens is 1. The fourth-order valence-corrected chi connectivity index (χ4v) is 5.27. The Kier molecular flexibility index (Phi) is 7.80. The molecule has 10 nitrogen and oxygen atoms in total. The molecule has 11 heteroatoms. The Hall–Kier alpha value is -3.89. The number of nitrogens with two attached hydrogens (primary N) is 1. The smallest absolute Gasteiger partial charge is 0.341 e. The molecule has 0 spiro atoms. The van der Waals surface area contributed by atoms with Gasteiger partial charge in [-0.15, -0.1) is 0 Å². The number of imidazole rings is 1. The molecule has 41 heavy (non-hydrogen) atoms. The maximum absolute atomic E-state index is 13.8. The lowest BCUT2D eigenvalue weighted by Gasteiger charge is -2.32. The summed E-state index contributed by atoms with van der Waals surface area (Å²) in [4.78, 5) is 45.8. The van der Waals surface area contributed by atoms with E-state index in [1.165, 1.54) is 0 Å². The number of hydrogen-bond acceptors (Lipinski definition) is 8. The average Bonchev–Trinajstić information content (AvgIpc) is 3.31. The average molecular weight is 580 g/mol. The van der Waals surface area contributed by atoms with Crippen molar-refractivity contribution in [2.24, 2.45) is 18.2 Å². The standard InChI is InChI=1S/C30H34ClN5O5/c1-30(2,3)28(39)41-17-40-27(38)18-11-12-23-21(14-18)24-25(26(37)34(23)4)36(15-19-8-5-6-10-22(19)31)29(33-24)35-13-7-9-20(32)16-35/h5-6,8,10-12,14,20H,7,9,13,15-17,32H2,1-4H3/t20-/m1/s1. The summed E-state index contributed by atoms with van der Waals surface area (Å²) in [6.45, 7) is 6.34. The molecule has 1 atom stereocenters. The highest BCUT2D eigenvalue weighted by molar-refractivity contribution is 6.31. The molecular weight excluding hydrogens is 546 g/mol. The highest BCUT2D eigenvalue weighted by atomic mass is 35.5. The van der Waals surface area contributed by atoms with Crippen LogP contribution >= 0.6 is 11.6 Å². The molecule has 1 saturated heterocycles.